The molecule has 0 fully saturated rings. The predicted molar refractivity (Wildman–Crippen MR) is 105 cm³/mol. The van der Waals surface area contributed by atoms with Crippen molar-refractivity contribution in [3.8, 4) is 0 Å². The van der Waals surface area contributed by atoms with E-state index >= 15 is 0 Å². The van der Waals surface area contributed by atoms with Gasteiger partial charge in [0.25, 0.3) is 0 Å². The lowest BCUT2D eigenvalue weighted by Crippen LogP contribution is -2.47. The molecule has 0 heterocycles. The summed E-state index contributed by atoms with van der Waals surface area (Å²) in [6, 6.07) is 10.1. The Morgan fingerprint density at radius 1 is 1.27 bits per heavy atom. The molecule has 0 aromatic heterocycles. The molecular formula is C18H20BrFN2O3S. The number of anilines is 2. The Kier molecular flexibility index (Phi) is 6.41. The van der Waals surface area contributed by atoms with Gasteiger partial charge in [0.15, 0.2) is 0 Å². The van der Waals surface area contributed by atoms with Crippen LogP contribution in [0.4, 0.5) is 15.8 Å². The Labute approximate surface area is 161 Å². The van der Waals surface area contributed by atoms with Crippen LogP contribution in [0.5, 0.6) is 0 Å². The average Bonchev–Trinajstić information content (AvgIpc) is 2.53. The van der Waals surface area contributed by atoms with Gasteiger partial charge >= 0.3 is 0 Å². The second-order valence-corrected chi connectivity index (χ2v) is 8.71. The Morgan fingerprint density at radius 2 is 1.96 bits per heavy atom. The van der Waals surface area contributed by atoms with E-state index in [9.17, 15) is 17.6 Å². The van der Waals surface area contributed by atoms with Gasteiger partial charge in [-0.3, -0.25) is 9.10 Å². The molecule has 1 atom stereocenters. The molecule has 0 aliphatic rings. The fourth-order valence-electron chi connectivity index (χ4n) is 2.63. The van der Waals surface area contributed by atoms with Gasteiger partial charge in [-0.05, 0) is 49.2 Å². The Hall–Kier alpha value is -1.93. The van der Waals surface area contributed by atoms with E-state index < -0.39 is 27.8 Å². The number of hydrogen-bond acceptors (Lipinski definition) is 3. The lowest BCUT2D eigenvalue weighted by Gasteiger charge is -2.30. The molecule has 2 aromatic rings. The van der Waals surface area contributed by atoms with Gasteiger partial charge < -0.3 is 5.32 Å². The zero-order chi connectivity index (χ0) is 19.5. The van der Waals surface area contributed by atoms with Gasteiger partial charge in [0.05, 0.1) is 17.6 Å². The topological polar surface area (TPSA) is 66.5 Å². The van der Waals surface area contributed by atoms with Crippen molar-refractivity contribution in [3.63, 3.8) is 0 Å². The van der Waals surface area contributed by atoms with Crippen LogP contribution in [-0.2, 0) is 14.8 Å². The van der Waals surface area contributed by atoms with Crippen LogP contribution in [0.1, 0.15) is 18.9 Å². The molecule has 26 heavy (non-hydrogen) atoms. The SMILES string of the molecule is CCC(C(=O)Nc1ccc(Br)cc1F)N(c1cccc(C)c1)S(C)(=O)=O. The van der Waals surface area contributed by atoms with Gasteiger partial charge in [-0.25, -0.2) is 12.8 Å². The summed E-state index contributed by atoms with van der Waals surface area (Å²) in [5, 5.41) is 2.48. The smallest absolute Gasteiger partial charge is 0.248 e. The van der Waals surface area contributed by atoms with Crippen LogP contribution in [0.15, 0.2) is 46.9 Å². The lowest BCUT2D eigenvalue weighted by molar-refractivity contribution is -0.117. The number of halogens is 2. The van der Waals surface area contributed by atoms with E-state index in [-0.39, 0.29) is 12.1 Å². The number of sulfonamides is 1. The zero-order valence-corrected chi connectivity index (χ0v) is 17.1. The molecule has 0 bridgehead atoms. The fourth-order valence-corrected chi connectivity index (χ4v) is 4.17. The molecule has 0 saturated carbocycles. The van der Waals surface area contributed by atoms with E-state index in [0.717, 1.165) is 16.1 Å². The Bertz CT molecular complexity index is 918. The van der Waals surface area contributed by atoms with E-state index in [1.807, 2.05) is 13.0 Å². The lowest BCUT2D eigenvalue weighted by atomic mass is 10.1. The number of amides is 1. The quantitative estimate of drug-likeness (QED) is 0.732. The Balaban J connectivity index is 2.40. The maximum atomic E-state index is 14.0. The minimum Gasteiger partial charge on any atom is -0.322 e. The third kappa shape index (κ3) is 4.82. The minimum absolute atomic E-state index is 0.00524. The van der Waals surface area contributed by atoms with Crippen LogP contribution in [0, 0.1) is 12.7 Å². The third-order valence-electron chi connectivity index (χ3n) is 3.77. The first kappa shape index (κ1) is 20.4. The van der Waals surface area contributed by atoms with Crippen LogP contribution in [0.3, 0.4) is 0 Å². The molecule has 2 rings (SSSR count). The van der Waals surface area contributed by atoms with Crippen LogP contribution < -0.4 is 9.62 Å². The summed E-state index contributed by atoms with van der Waals surface area (Å²) in [6.07, 6.45) is 1.27. The van der Waals surface area contributed by atoms with Crippen molar-refractivity contribution in [2.24, 2.45) is 0 Å². The van der Waals surface area contributed by atoms with Gasteiger partial charge in [0.2, 0.25) is 15.9 Å². The van der Waals surface area contributed by atoms with E-state index in [1.165, 1.54) is 12.1 Å². The van der Waals surface area contributed by atoms with Crippen LogP contribution >= 0.6 is 15.9 Å². The van der Waals surface area contributed by atoms with Crippen molar-refractivity contribution in [2.75, 3.05) is 15.9 Å². The highest BCUT2D eigenvalue weighted by Gasteiger charge is 2.31. The standard InChI is InChI=1S/C18H20BrFN2O3S/c1-4-17(18(23)21-16-9-8-13(19)11-15(16)20)22(26(3,24)25)14-7-5-6-12(2)10-14/h5-11,17H,4H2,1-3H3,(H,21,23). The van der Waals surface area contributed by atoms with Gasteiger partial charge in [-0.15, -0.1) is 0 Å². The van der Waals surface area contributed by atoms with Crippen molar-refractivity contribution in [1.29, 1.82) is 0 Å². The van der Waals surface area contributed by atoms with Crippen molar-refractivity contribution in [2.45, 2.75) is 26.3 Å². The van der Waals surface area contributed by atoms with Crippen LogP contribution in [-0.4, -0.2) is 26.6 Å². The molecule has 5 nitrogen and oxygen atoms in total. The summed E-state index contributed by atoms with van der Waals surface area (Å²) in [7, 11) is -3.73. The summed E-state index contributed by atoms with van der Waals surface area (Å²) in [5.74, 6) is -1.20. The van der Waals surface area contributed by atoms with Gasteiger partial charge in [-0.1, -0.05) is 35.0 Å². The molecule has 1 N–H and O–H groups in total. The number of benzene rings is 2. The number of carbonyl (C=O) groups is 1. The molecule has 0 saturated heterocycles. The second kappa shape index (κ2) is 8.18. The summed E-state index contributed by atoms with van der Waals surface area (Å²) in [5.41, 5.74) is 1.26. The predicted octanol–water partition coefficient (Wildman–Crippen LogP) is 4.08. The summed E-state index contributed by atoms with van der Waals surface area (Å²) in [4.78, 5) is 12.7. The zero-order valence-electron chi connectivity index (χ0n) is 14.7. The second-order valence-electron chi connectivity index (χ2n) is 5.94. The molecular weight excluding hydrogens is 423 g/mol. The minimum atomic E-state index is -3.73. The normalized spacial score (nSPS) is 12.5. The molecule has 0 radical (unpaired) electrons. The van der Waals surface area contributed by atoms with E-state index in [2.05, 4.69) is 21.2 Å². The number of nitrogens with zero attached hydrogens (tertiary/aromatic N) is 1. The highest BCUT2D eigenvalue weighted by Crippen LogP contribution is 2.25. The summed E-state index contributed by atoms with van der Waals surface area (Å²) < 4.78 is 40.4. The van der Waals surface area contributed by atoms with Crippen molar-refractivity contribution < 1.29 is 17.6 Å². The molecule has 0 aliphatic heterocycles. The van der Waals surface area contributed by atoms with E-state index in [1.54, 1.807) is 31.2 Å². The Morgan fingerprint density at radius 3 is 2.50 bits per heavy atom. The van der Waals surface area contributed by atoms with Crippen molar-refractivity contribution >= 4 is 43.2 Å². The summed E-state index contributed by atoms with van der Waals surface area (Å²) in [6.45, 7) is 3.54. The number of carbonyl (C=O) groups excluding carboxylic acids is 1. The molecule has 0 aliphatic carbocycles. The maximum Gasteiger partial charge on any atom is 0.248 e. The van der Waals surface area contributed by atoms with Crippen LogP contribution in [0.2, 0.25) is 0 Å². The average molecular weight is 443 g/mol. The number of hydrogen-bond donors (Lipinski definition) is 1. The van der Waals surface area contributed by atoms with Crippen molar-refractivity contribution in [3.05, 3.63) is 58.3 Å². The molecule has 0 spiro atoms. The molecule has 140 valence electrons. The number of nitrogens with one attached hydrogen (secondary N) is 1. The molecule has 1 unspecified atom stereocenters. The van der Waals surface area contributed by atoms with Crippen LogP contribution in [0.25, 0.3) is 0 Å². The van der Waals surface area contributed by atoms with Gasteiger partial charge in [0.1, 0.15) is 11.9 Å². The van der Waals surface area contributed by atoms with Gasteiger partial charge in [0, 0.05) is 4.47 Å². The fraction of sp³-hybridized carbons (Fsp3) is 0.278. The largest absolute Gasteiger partial charge is 0.322 e. The van der Waals surface area contributed by atoms with Gasteiger partial charge in [-0.2, -0.15) is 0 Å². The first-order chi connectivity index (χ1) is 12.1. The maximum absolute atomic E-state index is 14.0. The third-order valence-corrected chi connectivity index (χ3v) is 5.45. The highest BCUT2D eigenvalue weighted by atomic mass is 79.9. The van der Waals surface area contributed by atoms with E-state index in [4.69, 9.17) is 0 Å². The van der Waals surface area contributed by atoms with Crippen molar-refractivity contribution in [1.82, 2.24) is 0 Å². The monoisotopic (exact) mass is 442 g/mol. The number of aryl methyl sites for hydroxylation is 1. The summed E-state index contributed by atoms with van der Waals surface area (Å²) >= 11 is 3.15. The molecule has 1 amide bonds. The first-order valence-electron chi connectivity index (χ1n) is 7.95. The highest BCUT2D eigenvalue weighted by molar-refractivity contribution is 9.10. The first-order valence-corrected chi connectivity index (χ1v) is 10.6. The molecule has 8 heteroatoms. The van der Waals surface area contributed by atoms with E-state index in [0.29, 0.717) is 10.2 Å². The number of rotatable bonds is 6. The molecule has 2 aromatic carbocycles.